The molecule has 0 unspecified atom stereocenters. The molecule has 0 saturated carbocycles. The lowest BCUT2D eigenvalue weighted by Gasteiger charge is -2.07. The van der Waals surface area contributed by atoms with Crippen LogP contribution in [0.25, 0.3) is 11.1 Å². The van der Waals surface area contributed by atoms with Crippen molar-refractivity contribution in [1.29, 1.82) is 0 Å². The monoisotopic (exact) mass is 401 g/mol. The SMILES string of the molecule is O=C1/C(=C2\Nc3ccc(-c4ccncc4C(=O)Cl)cc3C2=O)Nc2ccccc21. The number of hydrogen-bond acceptors (Lipinski definition) is 6. The van der Waals surface area contributed by atoms with Gasteiger partial charge in [-0.15, -0.1) is 0 Å². The minimum atomic E-state index is -0.626. The van der Waals surface area contributed by atoms with Gasteiger partial charge >= 0.3 is 0 Å². The van der Waals surface area contributed by atoms with E-state index >= 15 is 0 Å². The van der Waals surface area contributed by atoms with Gasteiger partial charge in [0.05, 0.1) is 5.56 Å². The molecule has 0 bridgehead atoms. The summed E-state index contributed by atoms with van der Waals surface area (Å²) in [6.07, 6.45) is 2.95. The number of para-hydroxylation sites is 1. The predicted molar refractivity (Wildman–Crippen MR) is 109 cm³/mol. The average molecular weight is 402 g/mol. The number of benzene rings is 2. The van der Waals surface area contributed by atoms with Gasteiger partial charge in [-0.25, -0.2) is 0 Å². The van der Waals surface area contributed by atoms with Crippen LogP contribution in [0.5, 0.6) is 0 Å². The van der Waals surface area contributed by atoms with Crippen LogP contribution in [0.4, 0.5) is 11.4 Å². The quantitative estimate of drug-likeness (QED) is 0.493. The van der Waals surface area contributed by atoms with Crippen molar-refractivity contribution < 1.29 is 14.4 Å². The van der Waals surface area contributed by atoms with Crippen molar-refractivity contribution in [3.8, 4) is 11.1 Å². The summed E-state index contributed by atoms with van der Waals surface area (Å²) in [6.45, 7) is 0. The molecule has 2 aromatic carbocycles. The molecule has 2 aliphatic rings. The molecule has 0 fully saturated rings. The number of carbonyl (C=O) groups excluding carboxylic acids is 3. The van der Waals surface area contributed by atoms with E-state index in [9.17, 15) is 14.4 Å². The zero-order chi connectivity index (χ0) is 20.1. The summed E-state index contributed by atoms with van der Waals surface area (Å²) in [5.41, 5.74) is 4.16. The van der Waals surface area contributed by atoms with Crippen LogP contribution in [-0.2, 0) is 0 Å². The number of rotatable bonds is 2. The van der Waals surface area contributed by atoms with Gasteiger partial charge in [-0.05, 0) is 53.1 Å². The van der Waals surface area contributed by atoms with Crippen molar-refractivity contribution in [2.75, 3.05) is 10.6 Å². The number of halogens is 1. The Bertz CT molecular complexity index is 1280. The molecule has 0 amide bonds. The summed E-state index contributed by atoms with van der Waals surface area (Å²) < 4.78 is 0. The topological polar surface area (TPSA) is 88.2 Å². The molecule has 2 N–H and O–H groups in total. The standard InChI is InChI=1S/C22H12ClN3O3/c23-22(29)15-10-24-8-7-12(15)11-5-6-17-14(9-11)21(28)19(26-17)18-20(27)13-3-1-2-4-16(13)25-18/h1-10,25-26H/b19-18+. The largest absolute Gasteiger partial charge is 0.350 e. The normalized spacial score (nSPS) is 16.9. The molecule has 6 nitrogen and oxygen atoms in total. The summed E-state index contributed by atoms with van der Waals surface area (Å²) in [5.74, 6) is -0.521. The van der Waals surface area contributed by atoms with E-state index in [1.165, 1.54) is 6.20 Å². The van der Waals surface area contributed by atoms with E-state index in [1.807, 2.05) is 6.07 Å². The Hall–Kier alpha value is -3.77. The Morgan fingerprint density at radius 2 is 1.52 bits per heavy atom. The third-order valence-electron chi connectivity index (χ3n) is 5.00. The first-order valence-corrected chi connectivity index (χ1v) is 9.17. The summed E-state index contributed by atoms with van der Waals surface area (Å²) in [4.78, 5) is 41.4. The molecule has 140 valence electrons. The van der Waals surface area contributed by atoms with Crippen LogP contribution < -0.4 is 10.6 Å². The van der Waals surface area contributed by atoms with E-state index < -0.39 is 5.24 Å². The Kier molecular flexibility index (Phi) is 3.82. The highest BCUT2D eigenvalue weighted by molar-refractivity contribution is 6.68. The van der Waals surface area contributed by atoms with Crippen LogP contribution in [-0.4, -0.2) is 21.8 Å². The number of allylic oxidation sites excluding steroid dienone is 2. The van der Waals surface area contributed by atoms with Gasteiger partial charge in [-0.3, -0.25) is 19.4 Å². The van der Waals surface area contributed by atoms with E-state index in [2.05, 4.69) is 15.6 Å². The zero-order valence-electron chi connectivity index (χ0n) is 14.8. The van der Waals surface area contributed by atoms with Crippen molar-refractivity contribution in [3.05, 3.63) is 89.0 Å². The van der Waals surface area contributed by atoms with Crippen molar-refractivity contribution in [1.82, 2.24) is 4.98 Å². The lowest BCUT2D eigenvalue weighted by molar-refractivity contribution is 0.101. The highest BCUT2D eigenvalue weighted by Crippen LogP contribution is 2.37. The molecule has 0 spiro atoms. The molecule has 0 aliphatic carbocycles. The van der Waals surface area contributed by atoms with Crippen molar-refractivity contribution in [2.45, 2.75) is 0 Å². The van der Waals surface area contributed by atoms with Gasteiger partial charge in [0.1, 0.15) is 11.4 Å². The second-order valence-corrected chi connectivity index (χ2v) is 7.00. The molecule has 0 atom stereocenters. The van der Waals surface area contributed by atoms with E-state index in [-0.39, 0.29) is 28.5 Å². The lowest BCUT2D eigenvalue weighted by Crippen LogP contribution is -2.13. The van der Waals surface area contributed by atoms with Gasteiger partial charge in [0.2, 0.25) is 11.6 Å². The van der Waals surface area contributed by atoms with Gasteiger partial charge in [-0.2, -0.15) is 0 Å². The van der Waals surface area contributed by atoms with Crippen LogP contribution in [0.15, 0.2) is 72.3 Å². The number of nitrogens with zero attached hydrogens (tertiary/aromatic N) is 1. The molecule has 5 rings (SSSR count). The number of fused-ring (bicyclic) bond motifs is 2. The first-order valence-electron chi connectivity index (χ1n) is 8.79. The minimum absolute atomic E-state index is 0.210. The molecule has 0 saturated heterocycles. The highest BCUT2D eigenvalue weighted by atomic mass is 35.5. The number of nitrogens with one attached hydrogen (secondary N) is 2. The van der Waals surface area contributed by atoms with Crippen LogP contribution in [0, 0.1) is 0 Å². The Labute approximate surface area is 170 Å². The molecule has 29 heavy (non-hydrogen) atoms. The van der Waals surface area contributed by atoms with Crippen molar-refractivity contribution >= 4 is 39.8 Å². The zero-order valence-corrected chi connectivity index (χ0v) is 15.6. The number of carbonyl (C=O) groups is 3. The Balaban J connectivity index is 1.57. The number of Topliss-reactive ketones (excluding diaryl/α,β-unsaturated/α-hetero) is 2. The van der Waals surface area contributed by atoms with Crippen LogP contribution in [0.3, 0.4) is 0 Å². The fraction of sp³-hybridized carbons (Fsp3) is 0. The van der Waals surface area contributed by atoms with E-state index in [1.54, 1.807) is 48.7 Å². The first kappa shape index (κ1) is 17.3. The molecule has 1 aromatic heterocycles. The number of anilines is 2. The molecule has 2 aliphatic heterocycles. The molecule has 0 radical (unpaired) electrons. The van der Waals surface area contributed by atoms with Gasteiger partial charge < -0.3 is 10.6 Å². The van der Waals surface area contributed by atoms with Crippen molar-refractivity contribution in [2.24, 2.45) is 0 Å². The van der Waals surface area contributed by atoms with E-state index in [0.29, 0.717) is 33.6 Å². The van der Waals surface area contributed by atoms with E-state index in [4.69, 9.17) is 11.6 Å². The smallest absolute Gasteiger partial charge is 0.254 e. The molecule has 7 heteroatoms. The van der Waals surface area contributed by atoms with Crippen LogP contribution in [0.1, 0.15) is 31.1 Å². The van der Waals surface area contributed by atoms with Gasteiger partial charge in [0, 0.05) is 34.9 Å². The molecule has 3 aromatic rings. The van der Waals surface area contributed by atoms with Gasteiger partial charge in [0.25, 0.3) is 5.24 Å². The fourth-order valence-electron chi connectivity index (χ4n) is 3.61. The predicted octanol–water partition coefficient (Wildman–Crippen LogP) is 4.26. The summed E-state index contributed by atoms with van der Waals surface area (Å²) in [7, 11) is 0. The maximum absolute atomic E-state index is 13.1. The minimum Gasteiger partial charge on any atom is -0.350 e. The third kappa shape index (κ3) is 2.65. The second-order valence-electron chi connectivity index (χ2n) is 6.66. The lowest BCUT2D eigenvalue weighted by atomic mass is 9.98. The number of pyridine rings is 1. The van der Waals surface area contributed by atoms with E-state index in [0.717, 1.165) is 0 Å². The van der Waals surface area contributed by atoms with Crippen molar-refractivity contribution in [3.63, 3.8) is 0 Å². The summed E-state index contributed by atoms with van der Waals surface area (Å²) >= 11 is 5.66. The number of ketones is 2. The third-order valence-corrected chi connectivity index (χ3v) is 5.21. The first-order chi connectivity index (χ1) is 14.0. The molecule has 3 heterocycles. The summed E-state index contributed by atoms with van der Waals surface area (Å²) in [6, 6.07) is 14.0. The van der Waals surface area contributed by atoms with Gasteiger partial charge in [-0.1, -0.05) is 18.2 Å². The maximum atomic E-state index is 13.1. The number of hydrogen-bond donors (Lipinski definition) is 2. The fourth-order valence-corrected chi connectivity index (χ4v) is 3.76. The Morgan fingerprint density at radius 1 is 0.828 bits per heavy atom. The Morgan fingerprint density at radius 3 is 2.24 bits per heavy atom. The van der Waals surface area contributed by atoms with Gasteiger partial charge in [0.15, 0.2) is 0 Å². The highest BCUT2D eigenvalue weighted by Gasteiger charge is 2.34. The molecular formula is C22H12ClN3O3. The maximum Gasteiger partial charge on any atom is 0.254 e. The van der Waals surface area contributed by atoms with Crippen LogP contribution >= 0.6 is 11.6 Å². The number of aromatic nitrogens is 1. The molecular weight excluding hydrogens is 390 g/mol. The second kappa shape index (κ2) is 6.39. The summed E-state index contributed by atoms with van der Waals surface area (Å²) in [5, 5.41) is 5.46. The average Bonchev–Trinajstić information content (AvgIpc) is 3.25. The van der Waals surface area contributed by atoms with Crippen LogP contribution in [0.2, 0.25) is 0 Å².